The Kier molecular flexibility index (Phi) is 7.15. The van der Waals surface area contributed by atoms with Gasteiger partial charge in [0.05, 0.1) is 11.9 Å². The van der Waals surface area contributed by atoms with Crippen molar-refractivity contribution in [3.05, 3.63) is 0 Å². The zero-order chi connectivity index (χ0) is 9.84. The molecule has 0 amide bonds. The molecule has 0 aromatic carbocycles. The molecule has 0 radical (unpaired) electrons. The van der Waals surface area contributed by atoms with Gasteiger partial charge in [0.15, 0.2) is 0 Å². The molecule has 0 spiro atoms. The van der Waals surface area contributed by atoms with Gasteiger partial charge in [-0.2, -0.15) is 0 Å². The van der Waals surface area contributed by atoms with Crippen molar-refractivity contribution in [3.8, 4) is 0 Å². The Morgan fingerprint density at radius 1 is 1.00 bits per heavy atom. The van der Waals surface area contributed by atoms with Gasteiger partial charge in [0, 0.05) is 5.92 Å². The van der Waals surface area contributed by atoms with Crippen LogP contribution in [0.25, 0.3) is 0 Å². The number of carbonyl (C=O) groups is 2. The SMILES string of the molecule is O=C([O-])C(C(=O)[O-])C1CCCCC1.[Ba+2]. The topological polar surface area (TPSA) is 80.3 Å². The molecule has 0 aromatic heterocycles. The van der Waals surface area contributed by atoms with E-state index in [9.17, 15) is 19.8 Å². The van der Waals surface area contributed by atoms with Crippen molar-refractivity contribution in [1.82, 2.24) is 0 Å². The van der Waals surface area contributed by atoms with Gasteiger partial charge in [-0.1, -0.05) is 19.3 Å². The molecule has 14 heavy (non-hydrogen) atoms. The second-order valence-electron chi connectivity index (χ2n) is 3.51. The Balaban J connectivity index is 0.00000169. The monoisotopic (exact) mass is 322 g/mol. The average molecular weight is 322 g/mol. The van der Waals surface area contributed by atoms with Crippen LogP contribution in [0.5, 0.6) is 0 Å². The van der Waals surface area contributed by atoms with E-state index in [1.165, 1.54) is 0 Å². The quantitative estimate of drug-likeness (QED) is 0.458. The Morgan fingerprint density at radius 2 is 1.43 bits per heavy atom. The van der Waals surface area contributed by atoms with E-state index in [1.54, 1.807) is 0 Å². The van der Waals surface area contributed by atoms with Crippen LogP contribution in [0, 0.1) is 11.8 Å². The predicted molar refractivity (Wildman–Crippen MR) is 45.8 cm³/mol. The fourth-order valence-corrected chi connectivity index (χ4v) is 1.95. The summed E-state index contributed by atoms with van der Waals surface area (Å²) in [5.41, 5.74) is 0. The number of carboxylic acids is 2. The molecule has 1 rings (SSSR count). The van der Waals surface area contributed by atoms with Crippen LogP contribution in [0.15, 0.2) is 0 Å². The molecule has 0 bridgehead atoms. The van der Waals surface area contributed by atoms with Gasteiger partial charge in [-0.15, -0.1) is 0 Å². The second-order valence-corrected chi connectivity index (χ2v) is 3.51. The predicted octanol–water partition coefficient (Wildman–Crippen LogP) is -1.70. The van der Waals surface area contributed by atoms with E-state index in [-0.39, 0.29) is 54.8 Å². The first-order chi connectivity index (χ1) is 6.13. The summed E-state index contributed by atoms with van der Waals surface area (Å²) in [5.74, 6) is -4.72. The first-order valence-corrected chi connectivity index (χ1v) is 4.54. The van der Waals surface area contributed by atoms with Gasteiger partial charge in [0.1, 0.15) is 0 Å². The maximum absolute atomic E-state index is 10.5. The number of carboxylic acid groups (broad SMARTS) is 2. The summed E-state index contributed by atoms with van der Waals surface area (Å²) in [6.45, 7) is 0. The fourth-order valence-electron chi connectivity index (χ4n) is 1.95. The van der Waals surface area contributed by atoms with Gasteiger partial charge >= 0.3 is 48.9 Å². The number of aliphatic carboxylic acids is 2. The van der Waals surface area contributed by atoms with Crippen LogP contribution in [0.2, 0.25) is 0 Å². The zero-order valence-electron chi connectivity index (χ0n) is 8.03. The van der Waals surface area contributed by atoms with E-state index in [0.29, 0.717) is 12.8 Å². The third-order valence-electron chi connectivity index (χ3n) is 2.63. The van der Waals surface area contributed by atoms with E-state index in [2.05, 4.69) is 0 Å². The molecule has 1 aliphatic rings. The third kappa shape index (κ3) is 3.94. The molecule has 5 heteroatoms. The largest absolute Gasteiger partial charge is 2.00 e. The van der Waals surface area contributed by atoms with Crippen LogP contribution in [-0.4, -0.2) is 60.8 Å². The standard InChI is InChI=1S/C9H14O4.Ba/c10-8(11)7(9(12)13)6-4-2-1-3-5-6;/h6-7H,1-5H2,(H,10,11)(H,12,13);/q;+2/p-2. The van der Waals surface area contributed by atoms with Crippen LogP contribution in [0.1, 0.15) is 32.1 Å². The number of hydrogen-bond acceptors (Lipinski definition) is 4. The van der Waals surface area contributed by atoms with Gasteiger partial charge in [-0.25, -0.2) is 0 Å². The molecule has 0 aliphatic heterocycles. The maximum Gasteiger partial charge on any atom is 2.00 e. The van der Waals surface area contributed by atoms with Gasteiger partial charge in [0.25, 0.3) is 0 Å². The molecular weight excluding hydrogens is 309 g/mol. The molecule has 0 unspecified atom stereocenters. The van der Waals surface area contributed by atoms with Crippen molar-refractivity contribution >= 4 is 60.8 Å². The summed E-state index contributed by atoms with van der Waals surface area (Å²) >= 11 is 0. The molecule has 0 heterocycles. The molecule has 4 nitrogen and oxygen atoms in total. The van der Waals surface area contributed by atoms with Crippen molar-refractivity contribution in [1.29, 1.82) is 0 Å². The maximum atomic E-state index is 10.5. The average Bonchev–Trinajstić information content (AvgIpc) is 2.04. The van der Waals surface area contributed by atoms with Crippen LogP contribution >= 0.6 is 0 Å². The molecule has 1 fully saturated rings. The van der Waals surface area contributed by atoms with E-state index in [1.807, 2.05) is 0 Å². The molecule has 0 N–H and O–H groups in total. The first-order valence-electron chi connectivity index (χ1n) is 4.54. The second kappa shape index (κ2) is 6.90. The molecule has 0 aromatic rings. The Hall–Kier alpha value is 0.511. The van der Waals surface area contributed by atoms with E-state index >= 15 is 0 Å². The third-order valence-corrected chi connectivity index (χ3v) is 2.63. The van der Waals surface area contributed by atoms with Crippen molar-refractivity contribution in [2.24, 2.45) is 11.8 Å². The molecule has 74 valence electrons. The summed E-state index contributed by atoms with van der Waals surface area (Å²) in [5, 5.41) is 21.0. The van der Waals surface area contributed by atoms with Gasteiger partial charge in [0.2, 0.25) is 0 Å². The fraction of sp³-hybridized carbons (Fsp3) is 0.778. The summed E-state index contributed by atoms with van der Waals surface area (Å²) in [6.07, 6.45) is 4.19. The Labute approximate surface area is 123 Å². The summed E-state index contributed by atoms with van der Waals surface area (Å²) < 4.78 is 0. The number of carbonyl (C=O) groups excluding carboxylic acids is 2. The first kappa shape index (κ1) is 14.5. The molecule has 0 saturated heterocycles. The van der Waals surface area contributed by atoms with Crippen molar-refractivity contribution < 1.29 is 19.8 Å². The Bertz CT molecular complexity index is 197. The van der Waals surface area contributed by atoms with Crippen molar-refractivity contribution in [2.75, 3.05) is 0 Å². The van der Waals surface area contributed by atoms with Gasteiger partial charge in [-0.05, 0) is 18.8 Å². The molecule has 0 atom stereocenters. The minimum Gasteiger partial charge on any atom is -0.549 e. The minimum absolute atomic E-state index is 0. The zero-order valence-corrected chi connectivity index (χ0v) is 12.5. The van der Waals surface area contributed by atoms with E-state index in [4.69, 9.17) is 0 Å². The molecule has 1 saturated carbocycles. The van der Waals surface area contributed by atoms with Gasteiger partial charge < -0.3 is 19.8 Å². The van der Waals surface area contributed by atoms with Crippen molar-refractivity contribution in [3.63, 3.8) is 0 Å². The Morgan fingerprint density at radius 3 is 1.79 bits per heavy atom. The summed E-state index contributed by atoms with van der Waals surface area (Å²) in [4.78, 5) is 21.0. The van der Waals surface area contributed by atoms with Crippen LogP contribution in [0.3, 0.4) is 0 Å². The minimum atomic E-state index is -1.51. The van der Waals surface area contributed by atoms with E-state index in [0.717, 1.165) is 19.3 Å². The van der Waals surface area contributed by atoms with Gasteiger partial charge in [-0.3, -0.25) is 0 Å². The normalized spacial score (nSPS) is 17.5. The number of rotatable bonds is 3. The number of hydrogen-bond donors (Lipinski definition) is 0. The molecular formula is C9H12BaO4. The molecule has 1 aliphatic carbocycles. The van der Waals surface area contributed by atoms with Crippen LogP contribution in [0.4, 0.5) is 0 Å². The smallest absolute Gasteiger partial charge is 0.549 e. The summed E-state index contributed by atoms with van der Waals surface area (Å²) in [7, 11) is 0. The van der Waals surface area contributed by atoms with Crippen molar-refractivity contribution in [2.45, 2.75) is 32.1 Å². The van der Waals surface area contributed by atoms with Crippen LogP contribution in [-0.2, 0) is 9.59 Å². The summed E-state index contributed by atoms with van der Waals surface area (Å²) in [6, 6.07) is 0. The van der Waals surface area contributed by atoms with E-state index < -0.39 is 17.9 Å². The van der Waals surface area contributed by atoms with Crippen LogP contribution < -0.4 is 10.2 Å².